The zero-order valence-corrected chi connectivity index (χ0v) is 11.0. The molecule has 0 aromatic carbocycles. The summed E-state index contributed by atoms with van der Waals surface area (Å²) in [5.74, 6) is 0.988. The Bertz CT molecular complexity index is 155. The van der Waals surface area contributed by atoms with E-state index in [0.717, 1.165) is 12.0 Å². The zero-order valence-electron chi connectivity index (χ0n) is 11.0. The molecule has 0 radical (unpaired) electrons. The highest BCUT2D eigenvalue weighted by Crippen LogP contribution is 2.26. The van der Waals surface area contributed by atoms with Gasteiger partial charge in [-0.1, -0.05) is 46.0 Å². The second kappa shape index (κ2) is 7.27. The highest BCUT2D eigenvalue weighted by Gasteiger charge is 2.23. The molecule has 1 aliphatic rings. The van der Waals surface area contributed by atoms with Gasteiger partial charge in [0.1, 0.15) is 0 Å². The second-order valence-corrected chi connectivity index (χ2v) is 5.28. The molecule has 0 aromatic heterocycles. The van der Waals surface area contributed by atoms with E-state index in [1.165, 1.54) is 57.9 Å². The van der Waals surface area contributed by atoms with Crippen molar-refractivity contribution in [3.63, 3.8) is 0 Å². The maximum Gasteiger partial charge on any atom is 0.00953 e. The molecule has 1 heteroatoms. The highest BCUT2D eigenvalue weighted by atomic mass is 15.1. The van der Waals surface area contributed by atoms with Gasteiger partial charge in [-0.15, -0.1) is 0 Å². The first-order valence-corrected chi connectivity index (χ1v) is 6.98. The topological polar surface area (TPSA) is 3.24 Å². The Kier molecular flexibility index (Phi) is 6.31. The summed E-state index contributed by atoms with van der Waals surface area (Å²) >= 11 is 0. The standard InChI is InChI=1S/C14H29N/c1-4-6-7-9-13(5-2)12-14-10-8-11-15(14)3/h13-14H,4-12H2,1-3H3. The Morgan fingerprint density at radius 2 is 2.07 bits per heavy atom. The third-order valence-corrected chi connectivity index (χ3v) is 4.07. The van der Waals surface area contributed by atoms with Gasteiger partial charge in [-0.3, -0.25) is 0 Å². The minimum atomic E-state index is 0.900. The summed E-state index contributed by atoms with van der Waals surface area (Å²) in [6.45, 7) is 5.99. The van der Waals surface area contributed by atoms with Gasteiger partial charge in [-0.2, -0.15) is 0 Å². The third-order valence-electron chi connectivity index (χ3n) is 4.07. The van der Waals surface area contributed by atoms with Gasteiger partial charge >= 0.3 is 0 Å². The van der Waals surface area contributed by atoms with E-state index in [-0.39, 0.29) is 0 Å². The van der Waals surface area contributed by atoms with E-state index in [9.17, 15) is 0 Å². The van der Waals surface area contributed by atoms with Gasteiger partial charge in [0.05, 0.1) is 0 Å². The molecule has 0 N–H and O–H groups in total. The third kappa shape index (κ3) is 4.55. The Hall–Kier alpha value is -0.0400. The van der Waals surface area contributed by atoms with Crippen molar-refractivity contribution in [1.29, 1.82) is 0 Å². The van der Waals surface area contributed by atoms with Gasteiger partial charge in [0, 0.05) is 6.04 Å². The van der Waals surface area contributed by atoms with Crippen LogP contribution in [-0.2, 0) is 0 Å². The quantitative estimate of drug-likeness (QED) is 0.574. The largest absolute Gasteiger partial charge is 0.303 e. The lowest BCUT2D eigenvalue weighted by atomic mass is 9.91. The Morgan fingerprint density at radius 3 is 2.60 bits per heavy atom. The van der Waals surface area contributed by atoms with Gasteiger partial charge in [0.15, 0.2) is 0 Å². The molecule has 0 aromatic rings. The fourth-order valence-corrected chi connectivity index (χ4v) is 2.83. The predicted octanol–water partition coefficient (Wildman–Crippen LogP) is 4.08. The molecule has 1 fully saturated rings. The van der Waals surface area contributed by atoms with Crippen molar-refractivity contribution in [2.75, 3.05) is 13.6 Å². The summed E-state index contributed by atoms with van der Waals surface area (Å²) in [7, 11) is 2.30. The van der Waals surface area contributed by atoms with Crippen LogP contribution in [0.25, 0.3) is 0 Å². The summed E-state index contributed by atoms with van der Waals surface area (Å²) in [5.41, 5.74) is 0. The number of nitrogens with zero attached hydrogens (tertiary/aromatic N) is 1. The van der Waals surface area contributed by atoms with Crippen molar-refractivity contribution >= 4 is 0 Å². The van der Waals surface area contributed by atoms with Crippen molar-refractivity contribution in [2.24, 2.45) is 5.92 Å². The lowest BCUT2D eigenvalue weighted by Crippen LogP contribution is -2.27. The van der Waals surface area contributed by atoms with Crippen LogP contribution in [0.2, 0.25) is 0 Å². The van der Waals surface area contributed by atoms with Crippen LogP contribution < -0.4 is 0 Å². The molecular formula is C14H29N. The van der Waals surface area contributed by atoms with Gasteiger partial charge in [0.25, 0.3) is 0 Å². The van der Waals surface area contributed by atoms with E-state index in [0.29, 0.717) is 0 Å². The minimum absolute atomic E-state index is 0.900. The van der Waals surface area contributed by atoms with Gasteiger partial charge < -0.3 is 4.90 Å². The van der Waals surface area contributed by atoms with Gasteiger partial charge in [-0.05, 0) is 38.8 Å². The maximum absolute atomic E-state index is 2.57. The summed E-state index contributed by atoms with van der Waals surface area (Å²) in [5, 5.41) is 0. The molecule has 1 saturated heterocycles. The van der Waals surface area contributed by atoms with Crippen molar-refractivity contribution in [2.45, 2.75) is 71.3 Å². The molecule has 2 atom stereocenters. The summed E-state index contributed by atoms with van der Waals surface area (Å²) in [6, 6.07) is 0.900. The van der Waals surface area contributed by atoms with Crippen molar-refractivity contribution in [1.82, 2.24) is 4.90 Å². The van der Waals surface area contributed by atoms with E-state index < -0.39 is 0 Å². The Balaban J connectivity index is 2.20. The fraction of sp³-hybridized carbons (Fsp3) is 1.00. The average molecular weight is 211 g/mol. The van der Waals surface area contributed by atoms with Crippen molar-refractivity contribution in [3.05, 3.63) is 0 Å². The van der Waals surface area contributed by atoms with Crippen molar-refractivity contribution < 1.29 is 0 Å². The van der Waals surface area contributed by atoms with E-state index in [4.69, 9.17) is 0 Å². The number of hydrogen-bond donors (Lipinski definition) is 0. The van der Waals surface area contributed by atoms with Crippen LogP contribution in [0, 0.1) is 5.92 Å². The molecule has 0 spiro atoms. The molecular weight excluding hydrogens is 182 g/mol. The van der Waals surface area contributed by atoms with Crippen LogP contribution in [0.1, 0.15) is 65.2 Å². The minimum Gasteiger partial charge on any atom is -0.303 e. The smallest absolute Gasteiger partial charge is 0.00953 e. The molecule has 0 aliphatic carbocycles. The molecule has 0 bridgehead atoms. The molecule has 0 saturated carbocycles. The lowest BCUT2D eigenvalue weighted by molar-refractivity contribution is 0.248. The van der Waals surface area contributed by atoms with Crippen LogP contribution >= 0.6 is 0 Å². The lowest BCUT2D eigenvalue weighted by Gasteiger charge is -2.24. The van der Waals surface area contributed by atoms with Crippen LogP contribution in [0.5, 0.6) is 0 Å². The average Bonchev–Trinajstić information content (AvgIpc) is 2.63. The second-order valence-electron chi connectivity index (χ2n) is 5.28. The number of rotatable bonds is 7. The van der Waals surface area contributed by atoms with Crippen molar-refractivity contribution in [3.8, 4) is 0 Å². The van der Waals surface area contributed by atoms with Gasteiger partial charge in [0.2, 0.25) is 0 Å². The van der Waals surface area contributed by atoms with Gasteiger partial charge in [-0.25, -0.2) is 0 Å². The first kappa shape index (κ1) is 13.0. The summed E-state index contributed by atoms with van der Waals surface area (Å²) in [6.07, 6.45) is 11.4. The van der Waals surface area contributed by atoms with E-state index in [2.05, 4.69) is 25.8 Å². The molecule has 15 heavy (non-hydrogen) atoms. The first-order valence-electron chi connectivity index (χ1n) is 6.98. The monoisotopic (exact) mass is 211 g/mol. The Morgan fingerprint density at radius 1 is 1.27 bits per heavy atom. The highest BCUT2D eigenvalue weighted by molar-refractivity contribution is 4.78. The fourth-order valence-electron chi connectivity index (χ4n) is 2.83. The molecule has 0 amide bonds. The number of likely N-dealkylation sites (tertiary alicyclic amines) is 1. The normalized spacial score (nSPS) is 24.6. The van der Waals surface area contributed by atoms with Crippen LogP contribution in [0.3, 0.4) is 0 Å². The number of hydrogen-bond acceptors (Lipinski definition) is 1. The molecule has 1 heterocycles. The van der Waals surface area contributed by atoms with Crippen LogP contribution in [0.4, 0.5) is 0 Å². The molecule has 1 nitrogen and oxygen atoms in total. The van der Waals surface area contributed by atoms with E-state index in [1.807, 2.05) is 0 Å². The maximum atomic E-state index is 2.57. The molecule has 1 aliphatic heterocycles. The van der Waals surface area contributed by atoms with Crippen LogP contribution in [0.15, 0.2) is 0 Å². The first-order chi connectivity index (χ1) is 7.27. The van der Waals surface area contributed by atoms with Crippen LogP contribution in [-0.4, -0.2) is 24.5 Å². The zero-order chi connectivity index (χ0) is 11.1. The summed E-state index contributed by atoms with van der Waals surface area (Å²) < 4.78 is 0. The summed E-state index contributed by atoms with van der Waals surface area (Å²) in [4.78, 5) is 2.57. The molecule has 90 valence electrons. The number of unbranched alkanes of at least 4 members (excludes halogenated alkanes) is 2. The predicted molar refractivity (Wildman–Crippen MR) is 68.2 cm³/mol. The van der Waals surface area contributed by atoms with E-state index in [1.54, 1.807) is 0 Å². The molecule has 1 rings (SSSR count). The Labute approximate surface area is 96.2 Å². The SMILES string of the molecule is CCCCCC(CC)CC1CCCN1C. The molecule has 2 unspecified atom stereocenters. The van der Waals surface area contributed by atoms with E-state index >= 15 is 0 Å².